The number of aromatic nitrogens is 1. The molecule has 1 aromatic heterocycles. The molecule has 1 aliphatic rings. The van der Waals surface area contributed by atoms with E-state index < -0.39 is 30.0 Å². The zero-order valence-electron chi connectivity index (χ0n) is 16.5. The van der Waals surface area contributed by atoms with Gasteiger partial charge in [-0.25, -0.2) is 4.39 Å². The van der Waals surface area contributed by atoms with Crippen LogP contribution in [0, 0.1) is 10.7 Å². The summed E-state index contributed by atoms with van der Waals surface area (Å²) >= 11 is 0. The molecule has 0 amide bonds. The number of carbonyl (C=O) groups is 1. The molecular weight excluding hydrogens is 391 g/mol. The highest BCUT2D eigenvalue weighted by atomic mass is 19.1. The lowest BCUT2D eigenvalue weighted by molar-refractivity contribution is -0.00255. The number of benzene rings is 2. The zero-order chi connectivity index (χ0) is 21.6. The highest BCUT2D eigenvalue weighted by Crippen LogP contribution is 2.44. The number of hydrogen-bond acceptors (Lipinski definition) is 6. The summed E-state index contributed by atoms with van der Waals surface area (Å²) in [6, 6.07) is 9.30. The van der Waals surface area contributed by atoms with Crippen LogP contribution in [0.4, 0.5) is 4.39 Å². The molecule has 8 heteroatoms. The van der Waals surface area contributed by atoms with Gasteiger partial charge >= 0.3 is 0 Å². The Morgan fingerprint density at radius 2 is 1.93 bits per heavy atom. The number of nitroso groups, excluding NO2 is 1. The molecule has 1 heterocycles. The molecule has 7 nitrogen and oxygen atoms in total. The summed E-state index contributed by atoms with van der Waals surface area (Å²) in [6.45, 7) is 3.25. The maximum atomic E-state index is 13.8. The van der Waals surface area contributed by atoms with Crippen LogP contribution in [-0.4, -0.2) is 46.3 Å². The predicted molar refractivity (Wildman–Crippen MR) is 108 cm³/mol. The van der Waals surface area contributed by atoms with E-state index in [-0.39, 0.29) is 12.4 Å². The molecule has 2 atom stereocenters. The number of aromatic amines is 1. The van der Waals surface area contributed by atoms with Crippen molar-refractivity contribution < 1.29 is 24.1 Å². The Balaban J connectivity index is 1.70. The Morgan fingerprint density at radius 3 is 2.67 bits per heavy atom. The van der Waals surface area contributed by atoms with Gasteiger partial charge in [0, 0.05) is 27.6 Å². The van der Waals surface area contributed by atoms with Crippen molar-refractivity contribution in [3.63, 3.8) is 0 Å². The van der Waals surface area contributed by atoms with Gasteiger partial charge in [0.15, 0.2) is 5.78 Å². The number of ketones is 1. The van der Waals surface area contributed by atoms with Gasteiger partial charge in [0.25, 0.3) is 0 Å². The monoisotopic (exact) mass is 412 g/mol. The summed E-state index contributed by atoms with van der Waals surface area (Å²) in [5.74, 6) is -0.198. The predicted octanol–water partition coefficient (Wildman–Crippen LogP) is 3.04. The highest BCUT2D eigenvalue weighted by Gasteiger charge is 2.40. The Hall–Kier alpha value is -3.10. The molecule has 3 aromatic rings. The van der Waals surface area contributed by atoms with Gasteiger partial charge in [0.05, 0.1) is 5.56 Å². The molecular formula is C22H21FN2O5. The van der Waals surface area contributed by atoms with Gasteiger partial charge in [-0.3, -0.25) is 4.79 Å². The van der Waals surface area contributed by atoms with Crippen LogP contribution < -0.4 is 4.74 Å². The first-order valence-electron chi connectivity index (χ1n) is 9.53. The molecule has 0 fully saturated rings. The molecule has 0 bridgehead atoms. The number of aliphatic hydroxyl groups is 2. The molecule has 0 saturated carbocycles. The third-order valence-electron chi connectivity index (χ3n) is 5.65. The molecule has 156 valence electrons. The number of nitrogens with zero attached hydrogens (tertiary/aromatic N) is 1. The minimum atomic E-state index is -1.31. The topological polar surface area (TPSA) is 112 Å². The number of carbonyl (C=O) groups excluding carboxylic acids is 1. The summed E-state index contributed by atoms with van der Waals surface area (Å²) < 4.78 is 19.4. The van der Waals surface area contributed by atoms with Gasteiger partial charge in [-0.05, 0) is 42.0 Å². The fraction of sp³-hybridized carbons (Fsp3) is 0.318. The molecule has 30 heavy (non-hydrogen) atoms. The Bertz CT molecular complexity index is 1150. The lowest BCUT2D eigenvalue weighted by Gasteiger charge is -2.32. The van der Waals surface area contributed by atoms with E-state index in [4.69, 9.17) is 4.74 Å². The summed E-state index contributed by atoms with van der Waals surface area (Å²) in [4.78, 5) is 26.7. The molecule has 3 N–H and O–H groups in total. The van der Waals surface area contributed by atoms with Gasteiger partial charge in [-0.2, -0.15) is 4.91 Å². The van der Waals surface area contributed by atoms with Crippen LogP contribution in [0.1, 0.15) is 41.0 Å². The van der Waals surface area contributed by atoms with E-state index in [1.807, 2.05) is 13.8 Å². The second-order valence-electron chi connectivity index (χ2n) is 7.98. The van der Waals surface area contributed by atoms with Crippen LogP contribution in [0.5, 0.6) is 5.75 Å². The van der Waals surface area contributed by atoms with E-state index in [0.29, 0.717) is 33.5 Å². The van der Waals surface area contributed by atoms with Crippen LogP contribution in [0.15, 0.2) is 41.6 Å². The summed E-state index contributed by atoms with van der Waals surface area (Å²) in [7, 11) is 0. The highest BCUT2D eigenvalue weighted by molar-refractivity contribution is 6.20. The third kappa shape index (κ3) is 3.18. The van der Waals surface area contributed by atoms with Crippen LogP contribution in [-0.2, 0) is 5.41 Å². The van der Waals surface area contributed by atoms with E-state index in [1.54, 1.807) is 24.3 Å². The van der Waals surface area contributed by atoms with Crippen molar-refractivity contribution >= 4 is 16.7 Å². The first-order valence-corrected chi connectivity index (χ1v) is 9.53. The van der Waals surface area contributed by atoms with Gasteiger partial charge < -0.3 is 19.9 Å². The van der Waals surface area contributed by atoms with Crippen LogP contribution in [0.25, 0.3) is 10.9 Å². The SMILES string of the molecule is CC1(C)c2cc(OC[C@@H](O)[C@H](O)CN=O)ccc2C(=O)c2c1[nH]c1ccc(F)cc21. The summed E-state index contributed by atoms with van der Waals surface area (Å²) in [5.41, 5.74) is 2.49. The molecule has 0 saturated heterocycles. The Kier molecular flexibility index (Phi) is 4.91. The van der Waals surface area contributed by atoms with Crippen molar-refractivity contribution in [1.29, 1.82) is 0 Å². The molecule has 0 radical (unpaired) electrons. The average molecular weight is 412 g/mol. The van der Waals surface area contributed by atoms with Crippen molar-refractivity contribution in [2.45, 2.75) is 31.5 Å². The second kappa shape index (κ2) is 7.30. The van der Waals surface area contributed by atoms with Gasteiger partial charge in [-0.1, -0.05) is 19.0 Å². The third-order valence-corrected chi connectivity index (χ3v) is 5.65. The van der Waals surface area contributed by atoms with E-state index in [0.717, 1.165) is 5.56 Å². The first kappa shape index (κ1) is 20.2. The smallest absolute Gasteiger partial charge is 0.195 e. The molecule has 0 aliphatic heterocycles. The van der Waals surface area contributed by atoms with Gasteiger partial charge in [0.2, 0.25) is 0 Å². The fourth-order valence-electron chi connectivity index (χ4n) is 3.96. The largest absolute Gasteiger partial charge is 0.491 e. The van der Waals surface area contributed by atoms with E-state index >= 15 is 0 Å². The first-order chi connectivity index (χ1) is 14.2. The van der Waals surface area contributed by atoms with Gasteiger partial charge in [-0.15, -0.1) is 0 Å². The minimum Gasteiger partial charge on any atom is -0.491 e. The number of H-pyrrole nitrogens is 1. The molecule has 1 aliphatic carbocycles. The molecule has 4 rings (SSSR count). The number of fused-ring (bicyclic) bond motifs is 4. The second-order valence-corrected chi connectivity index (χ2v) is 7.98. The normalized spacial score (nSPS) is 16.6. The quantitative estimate of drug-likeness (QED) is 0.539. The number of rotatable bonds is 6. The van der Waals surface area contributed by atoms with Crippen molar-refractivity contribution in [2.75, 3.05) is 13.2 Å². The molecule has 2 aromatic carbocycles. The maximum absolute atomic E-state index is 13.8. The number of hydrogen-bond donors (Lipinski definition) is 3. The number of aliphatic hydroxyl groups excluding tert-OH is 2. The lowest BCUT2D eigenvalue weighted by Crippen LogP contribution is -2.34. The van der Waals surface area contributed by atoms with E-state index in [1.165, 1.54) is 12.1 Å². The number of ether oxygens (including phenoxy) is 1. The minimum absolute atomic E-state index is 0.199. The number of halogens is 1. The lowest BCUT2D eigenvalue weighted by atomic mass is 9.71. The van der Waals surface area contributed by atoms with Crippen LogP contribution >= 0.6 is 0 Å². The molecule has 0 spiro atoms. The van der Waals surface area contributed by atoms with Crippen molar-refractivity contribution in [1.82, 2.24) is 4.98 Å². The summed E-state index contributed by atoms with van der Waals surface area (Å²) in [5, 5.41) is 22.6. The van der Waals surface area contributed by atoms with Crippen molar-refractivity contribution in [2.24, 2.45) is 5.18 Å². The summed E-state index contributed by atoms with van der Waals surface area (Å²) in [6.07, 6.45) is -2.59. The van der Waals surface area contributed by atoms with Crippen molar-refractivity contribution in [3.05, 3.63) is 69.5 Å². The number of nitrogens with one attached hydrogen (secondary N) is 1. The van der Waals surface area contributed by atoms with Gasteiger partial charge in [0.1, 0.15) is 36.9 Å². The standard InChI is InChI=1S/C22H21FN2O5/c1-22(2)15-8-12(30-10-18(27)17(26)9-24-29)4-5-13(15)20(28)19-14-7-11(23)3-6-16(14)25-21(19)22/h3-8,17-18,25-27H,9-10H2,1-2H3/t17-,18-/m1/s1. The van der Waals surface area contributed by atoms with Crippen LogP contribution in [0.3, 0.4) is 0 Å². The Morgan fingerprint density at radius 1 is 1.17 bits per heavy atom. The van der Waals surface area contributed by atoms with Crippen molar-refractivity contribution in [3.8, 4) is 5.75 Å². The van der Waals surface area contributed by atoms with E-state index in [9.17, 15) is 24.3 Å². The zero-order valence-corrected chi connectivity index (χ0v) is 16.5. The maximum Gasteiger partial charge on any atom is 0.195 e. The molecule has 0 unspecified atom stereocenters. The van der Waals surface area contributed by atoms with E-state index in [2.05, 4.69) is 10.2 Å². The average Bonchev–Trinajstić information content (AvgIpc) is 3.10. The van der Waals surface area contributed by atoms with Crippen LogP contribution in [0.2, 0.25) is 0 Å². The Labute approximate surface area is 171 Å². The fourth-order valence-corrected chi connectivity index (χ4v) is 3.96.